The lowest BCUT2D eigenvalue weighted by molar-refractivity contribution is 0.586. The zero-order valence-corrected chi connectivity index (χ0v) is 17.7. The molecule has 156 valence electrons. The van der Waals surface area contributed by atoms with Crippen molar-refractivity contribution in [1.29, 1.82) is 0 Å². The number of benzene rings is 1. The van der Waals surface area contributed by atoms with Crippen LogP contribution in [-0.4, -0.2) is 39.9 Å². The van der Waals surface area contributed by atoms with Crippen molar-refractivity contribution in [1.82, 2.24) is 18.7 Å². The van der Waals surface area contributed by atoms with E-state index >= 15 is 0 Å². The van der Waals surface area contributed by atoms with E-state index in [4.69, 9.17) is 0 Å². The van der Waals surface area contributed by atoms with Gasteiger partial charge in [-0.3, -0.25) is 13.9 Å². The molecule has 0 amide bonds. The molecule has 0 saturated heterocycles. The van der Waals surface area contributed by atoms with E-state index in [1.165, 1.54) is 28.8 Å². The number of sulfone groups is 1. The second kappa shape index (κ2) is 7.18. The first kappa shape index (κ1) is 20.0. The Hall–Kier alpha value is -3.32. The Morgan fingerprint density at radius 3 is 2.70 bits per heavy atom. The molecule has 0 fully saturated rings. The molecule has 30 heavy (non-hydrogen) atoms. The van der Waals surface area contributed by atoms with Crippen LogP contribution in [0.4, 0.5) is 5.69 Å². The minimum Gasteiger partial charge on any atom is -0.385 e. The largest absolute Gasteiger partial charge is 0.385 e. The number of nitrogens with zero attached hydrogens (tertiary/aromatic N) is 4. The molecule has 3 heterocycles. The molecule has 0 saturated carbocycles. The summed E-state index contributed by atoms with van der Waals surface area (Å²) in [6.45, 7) is 0.895. The summed E-state index contributed by atoms with van der Waals surface area (Å²) >= 11 is 0. The number of hydrogen-bond acceptors (Lipinski definition) is 6. The van der Waals surface area contributed by atoms with E-state index in [1.807, 2.05) is 18.2 Å². The van der Waals surface area contributed by atoms with Crippen molar-refractivity contribution in [3.8, 4) is 11.8 Å². The van der Waals surface area contributed by atoms with Crippen molar-refractivity contribution >= 4 is 26.7 Å². The number of hydrogen-bond donors (Lipinski definition) is 1. The molecule has 0 unspecified atom stereocenters. The van der Waals surface area contributed by atoms with E-state index in [0.717, 1.165) is 41.5 Å². The van der Waals surface area contributed by atoms with E-state index < -0.39 is 21.1 Å². The van der Waals surface area contributed by atoms with Gasteiger partial charge in [-0.15, -0.1) is 0 Å². The Balaban J connectivity index is 1.80. The quantitative estimate of drug-likeness (QED) is 0.588. The normalized spacial score (nSPS) is 13.4. The number of anilines is 1. The first-order valence-corrected chi connectivity index (χ1v) is 11.3. The molecule has 3 aromatic rings. The maximum Gasteiger partial charge on any atom is 0.333 e. The molecule has 0 bridgehead atoms. The van der Waals surface area contributed by atoms with Gasteiger partial charge in [0, 0.05) is 38.1 Å². The zero-order valence-electron chi connectivity index (χ0n) is 16.9. The molecule has 0 atom stereocenters. The summed E-state index contributed by atoms with van der Waals surface area (Å²) in [5.74, 6) is 5.97. The summed E-state index contributed by atoms with van der Waals surface area (Å²) in [5, 5.41) is 3.08. The van der Waals surface area contributed by atoms with Crippen LogP contribution in [0, 0.1) is 11.8 Å². The Morgan fingerprint density at radius 2 is 1.97 bits per heavy atom. The molecule has 0 radical (unpaired) electrons. The highest BCUT2D eigenvalue weighted by Gasteiger charge is 2.23. The number of fused-ring (bicyclic) bond motifs is 2. The van der Waals surface area contributed by atoms with Crippen LogP contribution in [0.3, 0.4) is 0 Å². The van der Waals surface area contributed by atoms with Gasteiger partial charge >= 0.3 is 5.69 Å². The molecular weight excluding hydrogens is 406 g/mol. The van der Waals surface area contributed by atoms with Crippen molar-refractivity contribution in [2.24, 2.45) is 14.1 Å². The minimum absolute atomic E-state index is 0.00688. The second-order valence-electron chi connectivity index (χ2n) is 7.33. The van der Waals surface area contributed by atoms with Crippen LogP contribution in [0.25, 0.3) is 11.2 Å². The fraction of sp³-hybridized carbons (Fsp3) is 0.350. The fourth-order valence-electron chi connectivity index (χ4n) is 3.64. The highest BCUT2D eigenvalue weighted by atomic mass is 32.2. The van der Waals surface area contributed by atoms with E-state index in [-0.39, 0.29) is 22.9 Å². The lowest BCUT2D eigenvalue weighted by atomic mass is 10.0. The first-order chi connectivity index (χ1) is 14.2. The monoisotopic (exact) mass is 427 g/mol. The molecule has 2 aromatic heterocycles. The molecule has 10 heteroatoms. The van der Waals surface area contributed by atoms with Gasteiger partial charge in [0.05, 0.1) is 6.54 Å². The summed E-state index contributed by atoms with van der Waals surface area (Å²) < 4.78 is 27.4. The van der Waals surface area contributed by atoms with Gasteiger partial charge in [-0.05, 0) is 30.5 Å². The number of aryl methyl sites for hydroxylation is 2. The van der Waals surface area contributed by atoms with Crippen molar-refractivity contribution in [3.63, 3.8) is 0 Å². The first-order valence-electron chi connectivity index (χ1n) is 9.40. The molecule has 1 aromatic carbocycles. The van der Waals surface area contributed by atoms with Gasteiger partial charge in [0.1, 0.15) is 0 Å². The maximum absolute atomic E-state index is 12.7. The van der Waals surface area contributed by atoms with Gasteiger partial charge in [-0.2, -0.15) is 4.98 Å². The maximum atomic E-state index is 12.7. The highest BCUT2D eigenvalue weighted by molar-refractivity contribution is 7.90. The number of imidazole rings is 1. The highest BCUT2D eigenvalue weighted by Crippen LogP contribution is 2.22. The summed E-state index contributed by atoms with van der Waals surface area (Å²) in [4.78, 5) is 29.3. The van der Waals surface area contributed by atoms with Crippen molar-refractivity contribution in [3.05, 3.63) is 50.2 Å². The summed E-state index contributed by atoms with van der Waals surface area (Å²) in [7, 11) is -0.900. The van der Waals surface area contributed by atoms with Crippen molar-refractivity contribution < 1.29 is 8.42 Å². The molecule has 0 spiro atoms. The standard InChI is InChI=1S/C20H21N5O4S/c1-23-16-17(22-19(23)30(3,28)29)25(20(27)24(2)18(16)26)11-5-6-13-8-9-14-7-4-10-21-15(14)12-13/h8-9,12,21H,4,7,10-11H2,1-3H3. The van der Waals surface area contributed by atoms with E-state index in [1.54, 1.807) is 0 Å². The predicted molar refractivity (Wildman–Crippen MR) is 113 cm³/mol. The van der Waals surface area contributed by atoms with E-state index in [9.17, 15) is 18.0 Å². The summed E-state index contributed by atoms with van der Waals surface area (Å²) in [6.07, 6.45) is 3.14. The Kier molecular flexibility index (Phi) is 4.78. The van der Waals surface area contributed by atoms with Gasteiger partial charge in [0.15, 0.2) is 11.2 Å². The lowest BCUT2D eigenvalue weighted by Crippen LogP contribution is -2.38. The number of nitrogens with one attached hydrogen (secondary N) is 1. The van der Waals surface area contributed by atoms with Gasteiger partial charge in [0.2, 0.25) is 15.0 Å². The third-order valence-corrected chi connectivity index (χ3v) is 6.19. The molecule has 1 aliphatic rings. The fourth-order valence-corrected chi connectivity index (χ4v) is 4.48. The predicted octanol–water partition coefficient (Wildman–Crippen LogP) is 0.247. The lowest BCUT2D eigenvalue weighted by Gasteiger charge is -2.17. The third-order valence-electron chi connectivity index (χ3n) is 5.17. The van der Waals surface area contributed by atoms with Crippen LogP contribution >= 0.6 is 0 Å². The van der Waals surface area contributed by atoms with E-state index in [0.29, 0.717) is 0 Å². The Labute approximate surface area is 172 Å². The molecule has 4 rings (SSSR count). The van der Waals surface area contributed by atoms with Crippen LogP contribution < -0.4 is 16.6 Å². The molecular formula is C20H21N5O4S. The third kappa shape index (κ3) is 3.31. The topological polar surface area (TPSA) is 108 Å². The van der Waals surface area contributed by atoms with Crippen LogP contribution in [0.1, 0.15) is 17.5 Å². The zero-order chi connectivity index (χ0) is 21.6. The van der Waals surface area contributed by atoms with Crippen molar-refractivity contribution in [2.45, 2.75) is 24.5 Å². The van der Waals surface area contributed by atoms with Gasteiger partial charge in [-0.25, -0.2) is 13.2 Å². The van der Waals surface area contributed by atoms with Crippen LogP contribution in [0.15, 0.2) is 32.9 Å². The molecule has 0 aliphatic carbocycles. The molecule has 9 nitrogen and oxygen atoms in total. The second-order valence-corrected chi connectivity index (χ2v) is 9.24. The summed E-state index contributed by atoms with van der Waals surface area (Å²) in [5.41, 5.74) is 1.96. The minimum atomic E-state index is -3.68. The van der Waals surface area contributed by atoms with Crippen LogP contribution in [0.2, 0.25) is 0 Å². The number of rotatable bonds is 2. The average Bonchev–Trinajstić information content (AvgIpc) is 3.06. The Bertz CT molecular complexity index is 1470. The smallest absolute Gasteiger partial charge is 0.333 e. The Morgan fingerprint density at radius 1 is 1.20 bits per heavy atom. The summed E-state index contributed by atoms with van der Waals surface area (Å²) in [6, 6.07) is 5.95. The van der Waals surface area contributed by atoms with Gasteiger partial charge in [-0.1, -0.05) is 17.9 Å². The van der Waals surface area contributed by atoms with Gasteiger partial charge in [0.25, 0.3) is 5.56 Å². The SMILES string of the molecule is Cn1c(=O)c2c(nc(S(C)(=O)=O)n2C)n(CC#Cc2ccc3c(c2)NCCC3)c1=O. The van der Waals surface area contributed by atoms with Crippen LogP contribution in [-0.2, 0) is 36.9 Å². The molecule has 1 N–H and O–H groups in total. The molecule has 1 aliphatic heterocycles. The van der Waals surface area contributed by atoms with E-state index in [2.05, 4.69) is 22.1 Å². The van der Waals surface area contributed by atoms with Crippen molar-refractivity contribution in [2.75, 3.05) is 18.1 Å². The number of aromatic nitrogens is 4. The van der Waals surface area contributed by atoms with Crippen LogP contribution in [0.5, 0.6) is 0 Å². The van der Waals surface area contributed by atoms with Gasteiger partial charge < -0.3 is 9.88 Å². The average molecular weight is 427 g/mol.